The first-order valence-corrected chi connectivity index (χ1v) is 11.6. The Kier molecular flexibility index (Phi) is 7.92. The number of methoxy groups -OCH3 is 1. The minimum absolute atomic E-state index is 0.00322. The number of aryl methyl sites for hydroxylation is 1. The fourth-order valence-electron chi connectivity index (χ4n) is 4.08. The van der Waals surface area contributed by atoms with E-state index in [-0.39, 0.29) is 24.4 Å². The number of halogens is 1. The number of para-hydroxylation sites is 1. The van der Waals surface area contributed by atoms with Crippen molar-refractivity contribution >= 4 is 5.91 Å². The van der Waals surface area contributed by atoms with Crippen LogP contribution in [0.2, 0.25) is 0 Å². The van der Waals surface area contributed by atoms with Gasteiger partial charge < -0.3 is 19.1 Å². The van der Waals surface area contributed by atoms with Crippen LogP contribution in [0.4, 0.5) is 4.39 Å². The summed E-state index contributed by atoms with van der Waals surface area (Å²) in [4.78, 5) is 14.7. The van der Waals surface area contributed by atoms with Crippen molar-refractivity contribution in [2.24, 2.45) is 0 Å². The molecular weight excluding hydrogens is 437 g/mol. The number of hydrogen-bond donors (Lipinski definition) is 0. The van der Waals surface area contributed by atoms with Crippen molar-refractivity contribution in [2.75, 3.05) is 26.9 Å². The molecule has 2 heterocycles. The number of hydrogen-bond acceptors (Lipinski definition) is 5. The monoisotopic (exact) mass is 467 g/mol. The third-order valence-electron chi connectivity index (χ3n) is 5.80. The standard InChI is InChI=1S/C26H30FN3O4/c1-3-24-23(17-29(25(31)18-32-2)16-22-10-7-15-33-22)26(34-21-8-5-4-6-9-21)30(28-24)20-13-11-19(27)12-14-20/h4-6,8-9,11-14,22H,3,7,10,15-18H2,1-2H3. The fraction of sp³-hybridized carbons (Fsp3) is 0.385. The molecule has 8 heteroatoms. The number of nitrogens with zero attached hydrogens (tertiary/aromatic N) is 3. The van der Waals surface area contributed by atoms with Gasteiger partial charge >= 0.3 is 0 Å². The van der Waals surface area contributed by atoms with Crippen LogP contribution in [-0.4, -0.2) is 53.6 Å². The summed E-state index contributed by atoms with van der Waals surface area (Å²) in [5, 5.41) is 4.78. The van der Waals surface area contributed by atoms with E-state index in [4.69, 9.17) is 19.3 Å². The molecule has 1 aliphatic rings. The molecule has 1 aliphatic heterocycles. The Morgan fingerprint density at radius 1 is 1.21 bits per heavy atom. The second kappa shape index (κ2) is 11.3. The molecule has 0 bridgehead atoms. The smallest absolute Gasteiger partial charge is 0.248 e. The molecule has 34 heavy (non-hydrogen) atoms. The number of rotatable bonds is 10. The molecule has 0 saturated carbocycles. The SMILES string of the molecule is CCc1nn(-c2ccc(F)cc2)c(Oc2ccccc2)c1CN(CC1CCCO1)C(=O)COC. The highest BCUT2D eigenvalue weighted by Gasteiger charge is 2.27. The van der Waals surface area contributed by atoms with E-state index in [1.54, 1.807) is 21.7 Å². The lowest BCUT2D eigenvalue weighted by Gasteiger charge is -2.26. The Morgan fingerprint density at radius 3 is 2.62 bits per heavy atom. The number of carbonyl (C=O) groups excluding carboxylic acids is 1. The van der Waals surface area contributed by atoms with Crippen molar-refractivity contribution in [1.82, 2.24) is 14.7 Å². The van der Waals surface area contributed by atoms with Crippen molar-refractivity contribution in [1.29, 1.82) is 0 Å². The van der Waals surface area contributed by atoms with Crippen LogP contribution in [0, 0.1) is 5.82 Å². The van der Waals surface area contributed by atoms with Crippen LogP contribution in [-0.2, 0) is 27.2 Å². The molecule has 0 aliphatic carbocycles. The highest BCUT2D eigenvalue weighted by atomic mass is 19.1. The first-order chi connectivity index (χ1) is 16.6. The fourth-order valence-corrected chi connectivity index (χ4v) is 4.08. The van der Waals surface area contributed by atoms with E-state index < -0.39 is 0 Å². The number of benzene rings is 2. The van der Waals surface area contributed by atoms with Crippen LogP contribution in [0.3, 0.4) is 0 Å². The van der Waals surface area contributed by atoms with E-state index in [1.807, 2.05) is 37.3 Å². The predicted molar refractivity (Wildman–Crippen MR) is 126 cm³/mol. The third-order valence-corrected chi connectivity index (χ3v) is 5.80. The van der Waals surface area contributed by atoms with Crippen molar-refractivity contribution in [2.45, 2.75) is 38.8 Å². The summed E-state index contributed by atoms with van der Waals surface area (Å²) in [5.41, 5.74) is 2.28. The van der Waals surface area contributed by atoms with Crippen LogP contribution in [0.25, 0.3) is 5.69 Å². The van der Waals surface area contributed by atoms with Gasteiger partial charge in [0, 0.05) is 20.3 Å². The summed E-state index contributed by atoms with van der Waals surface area (Å²) >= 11 is 0. The zero-order chi connectivity index (χ0) is 23.9. The van der Waals surface area contributed by atoms with E-state index in [9.17, 15) is 9.18 Å². The molecule has 4 rings (SSSR count). The van der Waals surface area contributed by atoms with Gasteiger partial charge in [0.2, 0.25) is 11.8 Å². The van der Waals surface area contributed by atoms with E-state index in [1.165, 1.54) is 19.2 Å². The van der Waals surface area contributed by atoms with Gasteiger partial charge in [-0.15, -0.1) is 0 Å². The van der Waals surface area contributed by atoms with Gasteiger partial charge in [-0.1, -0.05) is 25.1 Å². The topological polar surface area (TPSA) is 65.8 Å². The van der Waals surface area contributed by atoms with Gasteiger partial charge in [-0.05, 0) is 55.7 Å². The van der Waals surface area contributed by atoms with Gasteiger partial charge in [0.1, 0.15) is 18.2 Å². The highest BCUT2D eigenvalue weighted by Crippen LogP contribution is 2.32. The minimum Gasteiger partial charge on any atom is -0.439 e. The molecule has 7 nitrogen and oxygen atoms in total. The quantitative estimate of drug-likeness (QED) is 0.439. The van der Waals surface area contributed by atoms with E-state index >= 15 is 0 Å². The molecular formula is C26H30FN3O4. The summed E-state index contributed by atoms with van der Waals surface area (Å²) in [6.45, 7) is 3.47. The number of amides is 1. The Hall–Kier alpha value is -3.23. The molecule has 1 aromatic heterocycles. The van der Waals surface area contributed by atoms with E-state index in [2.05, 4.69) is 0 Å². The molecule has 1 unspecified atom stereocenters. The summed E-state index contributed by atoms with van der Waals surface area (Å²) in [7, 11) is 1.51. The van der Waals surface area contributed by atoms with Gasteiger partial charge in [-0.3, -0.25) is 4.79 Å². The number of ether oxygens (including phenoxy) is 3. The third kappa shape index (κ3) is 5.63. The first-order valence-electron chi connectivity index (χ1n) is 11.6. The average molecular weight is 468 g/mol. The maximum Gasteiger partial charge on any atom is 0.248 e. The Morgan fingerprint density at radius 2 is 1.97 bits per heavy atom. The maximum atomic E-state index is 13.6. The van der Waals surface area contributed by atoms with E-state index in [0.29, 0.717) is 43.4 Å². The zero-order valence-electron chi connectivity index (χ0n) is 19.6. The predicted octanol–water partition coefficient (Wildman–Crippen LogP) is 4.52. The van der Waals surface area contributed by atoms with E-state index in [0.717, 1.165) is 24.1 Å². The lowest BCUT2D eigenvalue weighted by atomic mass is 10.1. The molecule has 1 fully saturated rings. The Balaban J connectivity index is 1.75. The van der Waals surface area contributed by atoms with Gasteiger partial charge in [0.25, 0.3) is 0 Å². The molecule has 3 aromatic rings. The van der Waals surface area contributed by atoms with Crippen LogP contribution in [0.1, 0.15) is 31.0 Å². The molecule has 180 valence electrons. The summed E-state index contributed by atoms with van der Waals surface area (Å²) in [5.74, 6) is 0.686. The summed E-state index contributed by atoms with van der Waals surface area (Å²) < 4.78 is 32.5. The highest BCUT2D eigenvalue weighted by molar-refractivity contribution is 5.77. The molecule has 1 saturated heterocycles. The van der Waals surface area contributed by atoms with Crippen LogP contribution < -0.4 is 4.74 Å². The minimum atomic E-state index is -0.328. The molecule has 2 aromatic carbocycles. The molecule has 1 amide bonds. The first kappa shape index (κ1) is 23.9. The molecule has 0 spiro atoms. The second-order valence-electron chi connectivity index (χ2n) is 8.23. The lowest BCUT2D eigenvalue weighted by Crippen LogP contribution is -2.39. The normalized spacial score (nSPS) is 15.4. The lowest BCUT2D eigenvalue weighted by molar-refractivity contribution is -0.137. The largest absolute Gasteiger partial charge is 0.439 e. The van der Waals surface area contributed by atoms with Gasteiger partial charge in [0.05, 0.1) is 29.6 Å². The number of aromatic nitrogens is 2. The second-order valence-corrected chi connectivity index (χ2v) is 8.23. The number of carbonyl (C=O) groups is 1. The Bertz CT molecular complexity index is 1080. The summed E-state index contributed by atoms with van der Waals surface area (Å²) in [6, 6.07) is 15.5. The van der Waals surface area contributed by atoms with Crippen LogP contribution in [0.5, 0.6) is 11.6 Å². The van der Waals surface area contributed by atoms with Crippen molar-refractivity contribution in [3.8, 4) is 17.3 Å². The van der Waals surface area contributed by atoms with Gasteiger partial charge in [-0.2, -0.15) is 5.10 Å². The van der Waals surface area contributed by atoms with Crippen LogP contribution >= 0.6 is 0 Å². The van der Waals surface area contributed by atoms with Crippen LogP contribution in [0.15, 0.2) is 54.6 Å². The molecule has 0 N–H and O–H groups in total. The van der Waals surface area contributed by atoms with Crippen molar-refractivity contribution in [3.63, 3.8) is 0 Å². The van der Waals surface area contributed by atoms with Crippen molar-refractivity contribution in [3.05, 3.63) is 71.7 Å². The zero-order valence-corrected chi connectivity index (χ0v) is 19.6. The summed E-state index contributed by atoms with van der Waals surface area (Å²) in [6.07, 6.45) is 2.54. The van der Waals surface area contributed by atoms with Gasteiger partial charge in [0.15, 0.2) is 0 Å². The van der Waals surface area contributed by atoms with Gasteiger partial charge in [-0.25, -0.2) is 9.07 Å². The average Bonchev–Trinajstić information content (AvgIpc) is 3.48. The molecule has 1 atom stereocenters. The Labute approximate surface area is 199 Å². The maximum absolute atomic E-state index is 13.6. The molecule has 0 radical (unpaired) electrons. The van der Waals surface area contributed by atoms with Crippen molar-refractivity contribution < 1.29 is 23.4 Å².